The summed E-state index contributed by atoms with van der Waals surface area (Å²) in [7, 11) is 0. The Balaban J connectivity index is 4.21. The van der Waals surface area contributed by atoms with Gasteiger partial charge in [-0.1, -0.05) is 298 Å². The van der Waals surface area contributed by atoms with Crippen molar-refractivity contribution in [3.05, 3.63) is 0 Å². The highest BCUT2D eigenvalue weighted by Gasteiger charge is 2.19. The van der Waals surface area contributed by atoms with E-state index in [2.05, 4.69) is 41.5 Å². The highest BCUT2D eigenvalue weighted by atomic mass is 16.6. The Morgan fingerprint density at radius 3 is 0.642 bits per heavy atom. The molecule has 0 aromatic heterocycles. The fourth-order valence-electron chi connectivity index (χ4n) is 9.35. The summed E-state index contributed by atoms with van der Waals surface area (Å²) in [6, 6.07) is 0. The molecule has 0 bridgehead atoms. The topological polar surface area (TPSA) is 78.9 Å². The van der Waals surface area contributed by atoms with E-state index in [0.717, 1.165) is 75.5 Å². The third kappa shape index (κ3) is 55.2. The number of hydrogen-bond donors (Lipinski definition) is 0. The van der Waals surface area contributed by atoms with Crippen LogP contribution in [0.1, 0.15) is 337 Å². The molecule has 6 nitrogen and oxygen atoms in total. The molecule has 398 valence electrons. The first-order valence-electron chi connectivity index (χ1n) is 30.1. The van der Waals surface area contributed by atoms with Gasteiger partial charge in [0.05, 0.1) is 0 Å². The summed E-state index contributed by atoms with van der Waals surface area (Å²) in [5.41, 5.74) is 0. The monoisotopic (exact) mass is 947 g/mol. The first-order chi connectivity index (χ1) is 32.6. The first kappa shape index (κ1) is 65.4. The molecule has 0 spiro atoms. The van der Waals surface area contributed by atoms with Crippen LogP contribution in [-0.4, -0.2) is 37.2 Å². The Bertz CT molecular complexity index is 1040. The van der Waals surface area contributed by atoms with Gasteiger partial charge in [0.2, 0.25) is 0 Å². The van der Waals surface area contributed by atoms with Crippen LogP contribution in [0, 0.1) is 17.8 Å². The maximum Gasteiger partial charge on any atom is 0.306 e. The SMILES string of the molecule is CC(C)CCCCCCCCCCCCCCCCCCCCC(=O)OC[C@H](COC(=O)CCCCCCCCCCCCCCCCC(C)C)OC(=O)CCCCCCCCCCC(C)C. The second kappa shape index (κ2) is 52.2. The van der Waals surface area contributed by atoms with Crippen LogP contribution < -0.4 is 0 Å². The molecule has 0 N–H and O–H groups in total. The van der Waals surface area contributed by atoms with E-state index in [9.17, 15) is 14.4 Å². The zero-order chi connectivity index (χ0) is 49.1. The molecule has 6 heteroatoms. The van der Waals surface area contributed by atoms with Crippen LogP contribution in [-0.2, 0) is 28.6 Å². The molecule has 0 saturated heterocycles. The molecule has 0 aliphatic rings. The van der Waals surface area contributed by atoms with Crippen LogP contribution in [0.4, 0.5) is 0 Å². The second-order valence-corrected chi connectivity index (χ2v) is 22.4. The van der Waals surface area contributed by atoms with Crippen molar-refractivity contribution in [1.82, 2.24) is 0 Å². The van der Waals surface area contributed by atoms with Gasteiger partial charge in [-0.15, -0.1) is 0 Å². The van der Waals surface area contributed by atoms with Gasteiger partial charge in [0.25, 0.3) is 0 Å². The largest absolute Gasteiger partial charge is 0.462 e. The van der Waals surface area contributed by atoms with Crippen LogP contribution in [0.15, 0.2) is 0 Å². The summed E-state index contributed by atoms with van der Waals surface area (Å²) < 4.78 is 16.9. The molecule has 0 aromatic rings. The number of hydrogen-bond acceptors (Lipinski definition) is 6. The van der Waals surface area contributed by atoms with Gasteiger partial charge in [-0.05, 0) is 37.0 Å². The van der Waals surface area contributed by atoms with E-state index >= 15 is 0 Å². The van der Waals surface area contributed by atoms with Gasteiger partial charge < -0.3 is 14.2 Å². The summed E-state index contributed by atoms with van der Waals surface area (Å²) >= 11 is 0. The summed E-state index contributed by atoms with van der Waals surface area (Å²) in [6.07, 6.45) is 55.4. The zero-order valence-electron chi connectivity index (χ0n) is 46.2. The number of carbonyl (C=O) groups is 3. The van der Waals surface area contributed by atoms with Crippen molar-refractivity contribution in [3.63, 3.8) is 0 Å². The Hall–Kier alpha value is -1.59. The molecule has 0 saturated carbocycles. The summed E-state index contributed by atoms with van der Waals surface area (Å²) in [4.78, 5) is 38.1. The minimum atomic E-state index is -0.764. The maximum absolute atomic E-state index is 12.8. The summed E-state index contributed by atoms with van der Waals surface area (Å²) in [5.74, 6) is 1.65. The van der Waals surface area contributed by atoms with Gasteiger partial charge in [0.15, 0.2) is 6.10 Å². The quantitative estimate of drug-likeness (QED) is 0.0343. The van der Waals surface area contributed by atoms with Crippen molar-refractivity contribution < 1.29 is 28.6 Å². The fourth-order valence-corrected chi connectivity index (χ4v) is 9.35. The molecule has 1 atom stereocenters. The smallest absolute Gasteiger partial charge is 0.306 e. The van der Waals surface area contributed by atoms with Gasteiger partial charge in [-0.2, -0.15) is 0 Å². The fraction of sp³-hybridized carbons (Fsp3) is 0.951. The van der Waals surface area contributed by atoms with E-state index in [1.807, 2.05) is 0 Å². The molecule has 0 rings (SSSR count). The molecule has 0 aromatic carbocycles. The Kier molecular flexibility index (Phi) is 51.0. The predicted molar refractivity (Wildman–Crippen MR) is 289 cm³/mol. The van der Waals surface area contributed by atoms with Crippen LogP contribution in [0.3, 0.4) is 0 Å². The first-order valence-corrected chi connectivity index (χ1v) is 30.1. The molecule has 0 aliphatic carbocycles. The van der Waals surface area contributed by atoms with Gasteiger partial charge in [0, 0.05) is 19.3 Å². The van der Waals surface area contributed by atoms with Gasteiger partial charge >= 0.3 is 17.9 Å². The molecule has 0 radical (unpaired) electrons. The molecule has 0 heterocycles. The van der Waals surface area contributed by atoms with E-state index in [1.54, 1.807) is 0 Å². The number of ether oxygens (including phenoxy) is 3. The lowest BCUT2D eigenvalue weighted by Crippen LogP contribution is -2.30. The summed E-state index contributed by atoms with van der Waals surface area (Å²) in [6.45, 7) is 13.8. The molecule has 0 amide bonds. The third-order valence-electron chi connectivity index (χ3n) is 13.9. The van der Waals surface area contributed by atoms with Crippen molar-refractivity contribution in [2.45, 2.75) is 343 Å². The molecule has 0 aliphatic heterocycles. The molecule has 0 fully saturated rings. The van der Waals surface area contributed by atoms with Crippen LogP contribution in [0.2, 0.25) is 0 Å². The number of esters is 3. The highest BCUT2D eigenvalue weighted by molar-refractivity contribution is 5.71. The van der Waals surface area contributed by atoms with Crippen molar-refractivity contribution in [2.75, 3.05) is 13.2 Å². The summed E-state index contributed by atoms with van der Waals surface area (Å²) in [5, 5.41) is 0. The molecule has 0 unspecified atom stereocenters. The molecular formula is C61H118O6. The van der Waals surface area contributed by atoms with Crippen molar-refractivity contribution in [2.24, 2.45) is 17.8 Å². The highest BCUT2D eigenvalue weighted by Crippen LogP contribution is 2.19. The van der Waals surface area contributed by atoms with Crippen molar-refractivity contribution in [3.8, 4) is 0 Å². The lowest BCUT2D eigenvalue weighted by Gasteiger charge is -2.18. The van der Waals surface area contributed by atoms with Gasteiger partial charge in [-0.25, -0.2) is 0 Å². The van der Waals surface area contributed by atoms with Crippen molar-refractivity contribution in [1.29, 1.82) is 0 Å². The maximum atomic E-state index is 12.8. The van der Waals surface area contributed by atoms with E-state index in [0.29, 0.717) is 19.3 Å². The Morgan fingerprint density at radius 1 is 0.254 bits per heavy atom. The van der Waals surface area contributed by atoms with Gasteiger partial charge in [-0.3, -0.25) is 14.4 Å². The number of rotatable bonds is 54. The van der Waals surface area contributed by atoms with Crippen LogP contribution in [0.25, 0.3) is 0 Å². The third-order valence-corrected chi connectivity index (χ3v) is 13.9. The van der Waals surface area contributed by atoms with Crippen molar-refractivity contribution >= 4 is 17.9 Å². The molecular weight excluding hydrogens is 829 g/mol. The average molecular weight is 948 g/mol. The van der Waals surface area contributed by atoms with E-state index in [4.69, 9.17) is 14.2 Å². The number of carbonyl (C=O) groups excluding carboxylic acids is 3. The van der Waals surface area contributed by atoms with Crippen LogP contribution >= 0.6 is 0 Å². The second-order valence-electron chi connectivity index (χ2n) is 22.4. The number of unbranched alkanes of at least 4 members (excludes halogenated alkanes) is 37. The predicted octanol–water partition coefficient (Wildman–Crippen LogP) is 19.9. The Morgan fingerprint density at radius 2 is 0.433 bits per heavy atom. The standard InChI is InChI=1S/C61H118O6/c1-55(2)47-41-35-29-23-19-15-11-9-7-8-10-12-17-21-25-32-38-44-50-59(62)65-53-58(67-61(64)52-46-40-34-28-27-31-37-43-49-57(5)6)54-66-60(63)51-45-39-33-26-22-18-14-13-16-20-24-30-36-42-48-56(3)4/h55-58H,7-54H2,1-6H3/t58-/m1/s1. The van der Waals surface area contributed by atoms with E-state index in [-0.39, 0.29) is 31.1 Å². The average Bonchev–Trinajstić information content (AvgIpc) is 3.29. The zero-order valence-corrected chi connectivity index (χ0v) is 46.2. The van der Waals surface area contributed by atoms with E-state index in [1.165, 1.54) is 218 Å². The Labute approximate surface area is 418 Å². The minimum Gasteiger partial charge on any atom is -0.462 e. The van der Waals surface area contributed by atoms with E-state index < -0.39 is 6.10 Å². The normalized spacial score (nSPS) is 12.1. The van der Waals surface area contributed by atoms with Crippen LogP contribution in [0.5, 0.6) is 0 Å². The lowest BCUT2D eigenvalue weighted by atomic mass is 10.0. The lowest BCUT2D eigenvalue weighted by molar-refractivity contribution is -0.167. The minimum absolute atomic E-state index is 0.0637. The molecule has 67 heavy (non-hydrogen) atoms. The van der Waals surface area contributed by atoms with Gasteiger partial charge in [0.1, 0.15) is 13.2 Å².